The van der Waals surface area contributed by atoms with Gasteiger partial charge in [0, 0.05) is 7.05 Å². The van der Waals surface area contributed by atoms with Gasteiger partial charge in [-0.2, -0.15) is 8.78 Å². The highest BCUT2D eigenvalue weighted by Gasteiger charge is 2.42. The van der Waals surface area contributed by atoms with Gasteiger partial charge in [-0.25, -0.2) is 13.8 Å². The Hall–Kier alpha value is -2.38. The first kappa shape index (κ1) is 16.5. The van der Waals surface area contributed by atoms with Crippen molar-refractivity contribution in [3.63, 3.8) is 0 Å². The number of hydrogen-bond donors (Lipinski definition) is 0. The molecule has 0 spiro atoms. The second-order valence-corrected chi connectivity index (χ2v) is 5.93. The van der Waals surface area contributed by atoms with E-state index in [1.54, 1.807) is 18.2 Å². The lowest BCUT2D eigenvalue weighted by atomic mass is 10.1. The zero-order chi connectivity index (χ0) is 17.6. The fourth-order valence-corrected chi connectivity index (χ4v) is 2.77. The van der Waals surface area contributed by atoms with E-state index in [1.165, 1.54) is 22.8 Å². The summed E-state index contributed by atoms with van der Waals surface area (Å²) >= 11 is 0. The van der Waals surface area contributed by atoms with E-state index in [1.807, 2.05) is 6.92 Å². The highest BCUT2D eigenvalue weighted by molar-refractivity contribution is 5.98. The maximum absolute atomic E-state index is 13.4. The summed E-state index contributed by atoms with van der Waals surface area (Å²) in [6.07, 6.45) is -3.64. The fraction of sp³-hybridized carbons (Fsp3) is 0.375. The van der Waals surface area contributed by atoms with Gasteiger partial charge in [-0.15, -0.1) is 0 Å². The lowest BCUT2D eigenvalue weighted by Gasteiger charge is -2.17. The minimum absolute atomic E-state index is 0.0151. The van der Waals surface area contributed by atoms with Crippen molar-refractivity contribution < 1.29 is 22.4 Å². The third-order valence-electron chi connectivity index (χ3n) is 4.05. The van der Waals surface area contributed by atoms with Crippen molar-refractivity contribution in [1.82, 2.24) is 14.5 Å². The van der Waals surface area contributed by atoms with Crippen LogP contribution in [0.15, 0.2) is 24.5 Å². The predicted molar refractivity (Wildman–Crippen MR) is 78.8 cm³/mol. The first-order valence-corrected chi connectivity index (χ1v) is 7.28. The molecule has 0 radical (unpaired) electrons. The molecule has 1 aromatic heterocycles. The average molecular weight is 341 g/mol. The Labute approximate surface area is 135 Å². The second kappa shape index (κ2) is 5.61. The molecule has 8 heteroatoms. The number of carbonyl (C=O) groups excluding carboxylic acids is 1. The molecular formula is C16H15F4N3O. The number of carbonyl (C=O) groups is 1. The molecule has 2 heterocycles. The van der Waals surface area contributed by atoms with Crippen LogP contribution in [0.4, 0.5) is 17.6 Å². The van der Waals surface area contributed by atoms with Crippen LogP contribution >= 0.6 is 0 Å². The standard InChI is InChI=1S/C16H15F4N3O/c1-9-3-4-12-10(5-9)14(24)22(2)7-13-11(21-8-23(12)13)6-16(19,20)15(17)18/h3-5,8,15H,6-7H2,1-2H3. The van der Waals surface area contributed by atoms with Gasteiger partial charge >= 0.3 is 12.3 Å². The molecule has 1 amide bonds. The zero-order valence-electron chi connectivity index (χ0n) is 13.1. The Morgan fingerprint density at radius 2 is 2.04 bits per heavy atom. The van der Waals surface area contributed by atoms with Crippen LogP contribution in [-0.2, 0) is 13.0 Å². The smallest absolute Gasteiger partial charge is 0.313 e. The van der Waals surface area contributed by atoms with Crippen LogP contribution in [0.3, 0.4) is 0 Å². The SMILES string of the molecule is Cc1ccc2c(c1)C(=O)N(C)Cc1c(CC(F)(F)C(F)F)ncn1-2. The first-order chi connectivity index (χ1) is 11.2. The molecule has 0 unspecified atom stereocenters. The molecule has 128 valence electrons. The Morgan fingerprint density at radius 3 is 2.71 bits per heavy atom. The number of imidazole rings is 1. The van der Waals surface area contributed by atoms with Crippen molar-refractivity contribution in [3.8, 4) is 5.69 Å². The summed E-state index contributed by atoms with van der Waals surface area (Å²) in [5.74, 6) is -4.43. The number of hydrogen-bond acceptors (Lipinski definition) is 2. The van der Waals surface area contributed by atoms with Gasteiger partial charge in [-0.3, -0.25) is 4.79 Å². The molecule has 0 atom stereocenters. The molecule has 1 aliphatic rings. The summed E-state index contributed by atoms with van der Waals surface area (Å²) in [5.41, 5.74) is 1.98. The highest BCUT2D eigenvalue weighted by atomic mass is 19.3. The summed E-state index contributed by atoms with van der Waals surface area (Å²) in [5, 5.41) is 0. The quantitative estimate of drug-likeness (QED) is 0.804. The lowest BCUT2D eigenvalue weighted by molar-refractivity contribution is -0.127. The summed E-state index contributed by atoms with van der Waals surface area (Å²) in [4.78, 5) is 17.7. The molecule has 1 aromatic carbocycles. The third kappa shape index (κ3) is 2.65. The molecular weight excluding hydrogens is 326 g/mol. The van der Waals surface area contributed by atoms with E-state index < -0.39 is 18.8 Å². The van der Waals surface area contributed by atoms with Gasteiger partial charge < -0.3 is 9.47 Å². The molecule has 0 N–H and O–H groups in total. The predicted octanol–water partition coefficient (Wildman–Crippen LogP) is 3.21. The molecule has 0 aliphatic carbocycles. The maximum atomic E-state index is 13.4. The minimum atomic E-state index is -4.17. The number of nitrogens with zero attached hydrogens (tertiary/aromatic N) is 3. The van der Waals surface area contributed by atoms with E-state index in [0.29, 0.717) is 16.9 Å². The summed E-state index contributed by atoms with van der Waals surface area (Å²) < 4.78 is 53.3. The molecule has 0 saturated carbocycles. The Balaban J connectivity index is 2.12. The van der Waals surface area contributed by atoms with Crippen molar-refractivity contribution in [1.29, 1.82) is 0 Å². The zero-order valence-corrected chi connectivity index (χ0v) is 13.1. The van der Waals surface area contributed by atoms with Crippen molar-refractivity contribution >= 4 is 5.91 Å². The number of halogens is 4. The molecule has 1 aliphatic heterocycles. The molecule has 0 bridgehead atoms. The summed E-state index contributed by atoms with van der Waals surface area (Å²) in [7, 11) is 1.53. The maximum Gasteiger partial charge on any atom is 0.313 e. The Morgan fingerprint density at radius 1 is 1.33 bits per heavy atom. The Kier molecular flexibility index (Phi) is 3.85. The van der Waals surface area contributed by atoms with E-state index in [0.717, 1.165) is 5.56 Å². The van der Waals surface area contributed by atoms with Gasteiger partial charge in [0.15, 0.2) is 0 Å². The molecule has 0 fully saturated rings. The van der Waals surface area contributed by atoms with Crippen molar-refractivity contribution in [2.75, 3.05) is 7.05 Å². The number of rotatable bonds is 3. The van der Waals surface area contributed by atoms with E-state index in [2.05, 4.69) is 4.98 Å². The normalized spacial score (nSPS) is 14.6. The monoisotopic (exact) mass is 341 g/mol. The van der Waals surface area contributed by atoms with Crippen LogP contribution < -0.4 is 0 Å². The topological polar surface area (TPSA) is 38.1 Å². The van der Waals surface area contributed by atoms with Gasteiger partial charge in [-0.1, -0.05) is 11.6 Å². The van der Waals surface area contributed by atoms with Crippen LogP contribution in [0.2, 0.25) is 0 Å². The number of aromatic nitrogens is 2. The van der Waals surface area contributed by atoms with Gasteiger partial charge in [0.1, 0.15) is 0 Å². The van der Waals surface area contributed by atoms with Crippen LogP contribution in [0.5, 0.6) is 0 Å². The number of benzene rings is 1. The van der Waals surface area contributed by atoms with Crippen LogP contribution in [0, 0.1) is 6.92 Å². The molecule has 0 saturated heterocycles. The molecule has 4 nitrogen and oxygen atoms in total. The number of aryl methyl sites for hydroxylation is 1. The van der Waals surface area contributed by atoms with Gasteiger partial charge in [0.2, 0.25) is 0 Å². The van der Waals surface area contributed by atoms with Gasteiger partial charge in [-0.05, 0) is 19.1 Å². The van der Waals surface area contributed by atoms with E-state index in [9.17, 15) is 22.4 Å². The number of amides is 1. The lowest BCUT2D eigenvalue weighted by Crippen LogP contribution is -2.30. The summed E-state index contributed by atoms with van der Waals surface area (Å²) in [6.45, 7) is 1.85. The van der Waals surface area contributed by atoms with E-state index >= 15 is 0 Å². The largest absolute Gasteiger partial charge is 0.336 e. The van der Waals surface area contributed by atoms with Crippen LogP contribution in [-0.4, -0.2) is 39.8 Å². The second-order valence-electron chi connectivity index (χ2n) is 5.93. The molecule has 3 rings (SSSR count). The average Bonchev–Trinajstić information content (AvgIpc) is 2.83. The number of alkyl halides is 4. The van der Waals surface area contributed by atoms with Crippen molar-refractivity contribution in [3.05, 3.63) is 47.0 Å². The van der Waals surface area contributed by atoms with Crippen molar-refractivity contribution in [2.24, 2.45) is 0 Å². The highest BCUT2D eigenvalue weighted by Crippen LogP contribution is 2.31. The first-order valence-electron chi connectivity index (χ1n) is 7.28. The molecule has 2 aromatic rings. The molecule has 24 heavy (non-hydrogen) atoms. The Bertz CT molecular complexity index is 801. The van der Waals surface area contributed by atoms with Crippen LogP contribution in [0.1, 0.15) is 27.3 Å². The summed E-state index contributed by atoms with van der Waals surface area (Å²) in [6, 6.07) is 5.19. The van der Waals surface area contributed by atoms with Gasteiger partial charge in [0.25, 0.3) is 5.91 Å². The van der Waals surface area contributed by atoms with Crippen LogP contribution in [0.25, 0.3) is 5.69 Å². The fourth-order valence-electron chi connectivity index (χ4n) is 2.77. The van der Waals surface area contributed by atoms with E-state index in [-0.39, 0.29) is 18.1 Å². The van der Waals surface area contributed by atoms with E-state index in [4.69, 9.17) is 0 Å². The number of fused-ring (bicyclic) bond motifs is 3. The third-order valence-corrected chi connectivity index (χ3v) is 4.05. The van der Waals surface area contributed by atoms with Crippen molar-refractivity contribution in [2.45, 2.75) is 32.2 Å². The van der Waals surface area contributed by atoms with Gasteiger partial charge in [0.05, 0.1) is 41.9 Å². The minimum Gasteiger partial charge on any atom is -0.336 e.